The van der Waals surface area contributed by atoms with E-state index in [9.17, 15) is 14.9 Å². The number of aldehydes is 1. The van der Waals surface area contributed by atoms with Gasteiger partial charge in [-0.25, -0.2) is 0 Å². The SMILES string of the molecule is O=Cc1ccc(-c2ccco2)c([N+](=O)[O-])c1. The Kier molecular flexibility index (Phi) is 2.51. The molecular weight excluding hydrogens is 210 g/mol. The van der Waals surface area contributed by atoms with Gasteiger partial charge in [-0.1, -0.05) is 6.07 Å². The molecule has 16 heavy (non-hydrogen) atoms. The summed E-state index contributed by atoms with van der Waals surface area (Å²) >= 11 is 0. The molecule has 0 saturated heterocycles. The number of nitro groups is 1. The molecule has 0 aliphatic rings. The minimum atomic E-state index is -0.537. The van der Waals surface area contributed by atoms with E-state index >= 15 is 0 Å². The third-order valence-corrected chi connectivity index (χ3v) is 2.14. The molecule has 0 aliphatic heterocycles. The van der Waals surface area contributed by atoms with Crippen molar-refractivity contribution < 1.29 is 14.1 Å². The number of carbonyl (C=O) groups is 1. The first-order valence-corrected chi connectivity index (χ1v) is 4.50. The molecule has 0 fully saturated rings. The van der Waals surface area contributed by atoms with E-state index in [2.05, 4.69) is 0 Å². The topological polar surface area (TPSA) is 73.3 Å². The summed E-state index contributed by atoms with van der Waals surface area (Å²) in [6.07, 6.45) is 2.01. The standard InChI is InChI=1S/C11H7NO4/c13-7-8-3-4-9(10(6-8)12(14)15)11-2-1-5-16-11/h1-7H. The molecule has 0 amide bonds. The van der Waals surface area contributed by atoms with Gasteiger partial charge in [0.2, 0.25) is 0 Å². The van der Waals surface area contributed by atoms with Gasteiger partial charge < -0.3 is 4.42 Å². The van der Waals surface area contributed by atoms with Gasteiger partial charge in [0.05, 0.1) is 16.7 Å². The molecule has 2 aromatic rings. The van der Waals surface area contributed by atoms with Crippen LogP contribution in [0.5, 0.6) is 0 Å². The van der Waals surface area contributed by atoms with Crippen molar-refractivity contribution in [2.45, 2.75) is 0 Å². The summed E-state index contributed by atoms with van der Waals surface area (Å²) in [7, 11) is 0. The Labute approximate surface area is 90.5 Å². The van der Waals surface area contributed by atoms with Crippen molar-refractivity contribution >= 4 is 12.0 Å². The van der Waals surface area contributed by atoms with Crippen molar-refractivity contribution in [3.63, 3.8) is 0 Å². The molecule has 0 atom stereocenters. The van der Waals surface area contributed by atoms with Crippen LogP contribution >= 0.6 is 0 Å². The number of nitrogens with zero attached hydrogens (tertiary/aromatic N) is 1. The fraction of sp³-hybridized carbons (Fsp3) is 0. The lowest BCUT2D eigenvalue weighted by molar-refractivity contribution is -0.384. The fourth-order valence-corrected chi connectivity index (χ4v) is 1.41. The molecule has 1 aromatic carbocycles. The lowest BCUT2D eigenvalue weighted by Crippen LogP contribution is -1.93. The summed E-state index contributed by atoms with van der Waals surface area (Å²) in [5.74, 6) is 0.407. The number of carbonyl (C=O) groups excluding carboxylic acids is 1. The number of hydrogen-bond acceptors (Lipinski definition) is 4. The second-order valence-electron chi connectivity index (χ2n) is 3.13. The molecule has 2 rings (SSSR count). The number of hydrogen-bond donors (Lipinski definition) is 0. The molecule has 0 N–H and O–H groups in total. The highest BCUT2D eigenvalue weighted by atomic mass is 16.6. The maximum atomic E-state index is 10.8. The Bertz CT molecular complexity index is 531. The van der Waals surface area contributed by atoms with Crippen LogP contribution in [0.2, 0.25) is 0 Å². The van der Waals surface area contributed by atoms with Gasteiger partial charge in [-0.3, -0.25) is 14.9 Å². The van der Waals surface area contributed by atoms with Crippen LogP contribution in [0.25, 0.3) is 11.3 Å². The highest BCUT2D eigenvalue weighted by Gasteiger charge is 2.17. The maximum Gasteiger partial charge on any atom is 0.281 e. The van der Waals surface area contributed by atoms with Crippen LogP contribution in [0.1, 0.15) is 10.4 Å². The summed E-state index contributed by atoms with van der Waals surface area (Å²) < 4.78 is 5.09. The molecule has 0 aliphatic carbocycles. The van der Waals surface area contributed by atoms with Gasteiger partial charge in [0.1, 0.15) is 12.0 Å². The predicted molar refractivity (Wildman–Crippen MR) is 56.2 cm³/mol. The van der Waals surface area contributed by atoms with Crippen LogP contribution in [-0.2, 0) is 0 Å². The van der Waals surface area contributed by atoms with E-state index in [0.29, 0.717) is 17.6 Å². The molecule has 5 nitrogen and oxygen atoms in total. The Hall–Kier alpha value is -2.43. The molecule has 5 heteroatoms. The zero-order chi connectivity index (χ0) is 11.5. The summed E-state index contributed by atoms with van der Waals surface area (Å²) in [6, 6.07) is 7.51. The second kappa shape index (κ2) is 3.98. The monoisotopic (exact) mass is 217 g/mol. The summed E-state index contributed by atoms with van der Waals surface area (Å²) in [6.45, 7) is 0. The second-order valence-corrected chi connectivity index (χ2v) is 3.13. The van der Waals surface area contributed by atoms with Gasteiger partial charge in [-0.05, 0) is 18.2 Å². The van der Waals surface area contributed by atoms with Crippen LogP contribution < -0.4 is 0 Å². The minimum absolute atomic E-state index is 0.139. The lowest BCUT2D eigenvalue weighted by atomic mass is 10.1. The normalized spacial score (nSPS) is 10.0. The third kappa shape index (κ3) is 1.70. The van der Waals surface area contributed by atoms with Crippen molar-refractivity contribution in [2.75, 3.05) is 0 Å². The quantitative estimate of drug-likeness (QED) is 0.450. The minimum Gasteiger partial charge on any atom is -0.464 e. The Morgan fingerprint density at radius 3 is 2.69 bits per heavy atom. The third-order valence-electron chi connectivity index (χ3n) is 2.14. The van der Waals surface area contributed by atoms with E-state index in [1.54, 1.807) is 12.1 Å². The lowest BCUT2D eigenvalue weighted by Gasteiger charge is -2.00. The van der Waals surface area contributed by atoms with Gasteiger partial charge >= 0.3 is 0 Å². The van der Waals surface area contributed by atoms with E-state index in [1.807, 2.05) is 0 Å². The molecule has 0 radical (unpaired) electrons. The molecular formula is C11H7NO4. The van der Waals surface area contributed by atoms with Gasteiger partial charge in [-0.15, -0.1) is 0 Å². The van der Waals surface area contributed by atoms with Crippen molar-refractivity contribution in [2.24, 2.45) is 0 Å². The van der Waals surface area contributed by atoms with Crippen LogP contribution in [-0.4, -0.2) is 11.2 Å². The Morgan fingerprint density at radius 2 is 2.12 bits per heavy atom. The van der Waals surface area contributed by atoms with Crippen LogP contribution in [0, 0.1) is 10.1 Å². The molecule has 0 unspecified atom stereocenters. The fourth-order valence-electron chi connectivity index (χ4n) is 1.41. The molecule has 1 aromatic heterocycles. The van der Waals surface area contributed by atoms with Crippen molar-refractivity contribution in [3.05, 3.63) is 52.3 Å². The van der Waals surface area contributed by atoms with Gasteiger partial charge in [0.25, 0.3) is 5.69 Å². The first-order valence-electron chi connectivity index (χ1n) is 4.50. The van der Waals surface area contributed by atoms with Crippen molar-refractivity contribution in [1.29, 1.82) is 0 Å². The van der Waals surface area contributed by atoms with E-state index in [0.717, 1.165) is 0 Å². The van der Waals surface area contributed by atoms with Crippen molar-refractivity contribution in [3.8, 4) is 11.3 Å². The van der Waals surface area contributed by atoms with E-state index < -0.39 is 4.92 Å². The number of nitro benzene ring substituents is 1. The zero-order valence-electron chi connectivity index (χ0n) is 8.12. The highest BCUT2D eigenvalue weighted by Crippen LogP contribution is 2.30. The number of furan rings is 1. The molecule has 0 bridgehead atoms. The zero-order valence-corrected chi connectivity index (χ0v) is 8.12. The number of benzene rings is 1. The molecule has 0 spiro atoms. The summed E-state index contributed by atoms with van der Waals surface area (Å²) in [4.78, 5) is 20.8. The average molecular weight is 217 g/mol. The van der Waals surface area contributed by atoms with Crippen LogP contribution in [0.3, 0.4) is 0 Å². The van der Waals surface area contributed by atoms with Crippen LogP contribution in [0.15, 0.2) is 41.0 Å². The van der Waals surface area contributed by atoms with E-state index in [-0.39, 0.29) is 11.3 Å². The van der Waals surface area contributed by atoms with E-state index in [1.165, 1.54) is 24.5 Å². The van der Waals surface area contributed by atoms with Gasteiger partial charge in [-0.2, -0.15) is 0 Å². The number of rotatable bonds is 3. The average Bonchev–Trinajstić information content (AvgIpc) is 2.81. The summed E-state index contributed by atoms with van der Waals surface area (Å²) in [5.41, 5.74) is 0.488. The molecule has 1 heterocycles. The Balaban J connectivity index is 2.61. The predicted octanol–water partition coefficient (Wildman–Crippen LogP) is 2.67. The van der Waals surface area contributed by atoms with Gasteiger partial charge in [0, 0.05) is 11.6 Å². The first kappa shape index (κ1) is 10.1. The van der Waals surface area contributed by atoms with Crippen LogP contribution in [0.4, 0.5) is 5.69 Å². The van der Waals surface area contributed by atoms with E-state index in [4.69, 9.17) is 4.42 Å². The maximum absolute atomic E-state index is 10.8. The van der Waals surface area contributed by atoms with Crippen molar-refractivity contribution in [1.82, 2.24) is 0 Å². The largest absolute Gasteiger partial charge is 0.464 e. The Morgan fingerprint density at radius 1 is 1.31 bits per heavy atom. The smallest absolute Gasteiger partial charge is 0.281 e. The summed E-state index contributed by atoms with van der Waals surface area (Å²) in [5, 5.41) is 10.8. The molecule has 0 saturated carbocycles. The molecule has 80 valence electrons. The highest BCUT2D eigenvalue weighted by molar-refractivity contribution is 5.80. The van der Waals surface area contributed by atoms with Gasteiger partial charge in [0.15, 0.2) is 0 Å². The first-order chi connectivity index (χ1) is 7.72.